The summed E-state index contributed by atoms with van der Waals surface area (Å²) < 4.78 is 12.3. The Balaban J connectivity index is 1.89. The number of carbonyl (C=O) groups is 1. The van der Waals surface area contributed by atoms with E-state index < -0.39 is 0 Å². The number of hydrogen-bond donors (Lipinski definition) is 1. The van der Waals surface area contributed by atoms with Crippen molar-refractivity contribution in [1.82, 2.24) is 5.43 Å². The number of amides is 1. The molecule has 0 aromatic heterocycles. The van der Waals surface area contributed by atoms with Crippen LogP contribution in [0.4, 0.5) is 0 Å². The molecule has 0 aliphatic carbocycles. The summed E-state index contributed by atoms with van der Waals surface area (Å²) in [7, 11) is 1.57. The lowest BCUT2D eigenvalue weighted by atomic mass is 10.2. The highest BCUT2D eigenvalue weighted by atomic mass is 79.9. The Morgan fingerprint density at radius 2 is 2.00 bits per heavy atom. The topological polar surface area (TPSA) is 59.9 Å². The van der Waals surface area contributed by atoms with Crippen LogP contribution in [0.1, 0.15) is 5.56 Å². The van der Waals surface area contributed by atoms with Gasteiger partial charge in [0.05, 0.1) is 17.8 Å². The zero-order chi connectivity index (χ0) is 16.7. The van der Waals surface area contributed by atoms with E-state index in [2.05, 4.69) is 42.4 Å². The molecule has 23 heavy (non-hydrogen) atoms. The van der Waals surface area contributed by atoms with Crippen molar-refractivity contribution in [1.29, 1.82) is 0 Å². The molecule has 0 saturated carbocycles. The number of rotatable bonds is 6. The first kappa shape index (κ1) is 17.5. The molecule has 1 N–H and O–H groups in total. The van der Waals surface area contributed by atoms with Crippen molar-refractivity contribution in [2.45, 2.75) is 0 Å². The zero-order valence-electron chi connectivity index (χ0n) is 12.3. The van der Waals surface area contributed by atoms with Gasteiger partial charge in [-0.2, -0.15) is 5.10 Å². The monoisotopic (exact) mass is 440 g/mol. The largest absolute Gasteiger partial charge is 0.496 e. The van der Waals surface area contributed by atoms with E-state index in [1.165, 1.54) is 6.21 Å². The number of halogens is 2. The summed E-state index contributed by atoms with van der Waals surface area (Å²) in [5.74, 6) is 0.905. The van der Waals surface area contributed by atoms with E-state index in [4.69, 9.17) is 9.47 Å². The van der Waals surface area contributed by atoms with Crippen LogP contribution in [0.25, 0.3) is 0 Å². The maximum absolute atomic E-state index is 11.7. The SMILES string of the molecule is COc1ccc(Br)cc1/C=N\NC(=O)COc1ccccc1Br. The first-order valence-electron chi connectivity index (χ1n) is 6.63. The first-order valence-corrected chi connectivity index (χ1v) is 8.21. The molecule has 0 saturated heterocycles. The van der Waals surface area contributed by atoms with Crippen molar-refractivity contribution in [3.8, 4) is 11.5 Å². The van der Waals surface area contributed by atoms with Gasteiger partial charge < -0.3 is 9.47 Å². The second-order valence-corrected chi connectivity index (χ2v) is 6.17. The maximum Gasteiger partial charge on any atom is 0.277 e. The minimum atomic E-state index is -0.356. The van der Waals surface area contributed by atoms with Crippen LogP contribution in [0, 0.1) is 0 Å². The highest BCUT2D eigenvalue weighted by Crippen LogP contribution is 2.23. The lowest BCUT2D eigenvalue weighted by Crippen LogP contribution is -2.24. The quantitative estimate of drug-likeness (QED) is 0.548. The Labute approximate surface area is 150 Å². The minimum absolute atomic E-state index is 0.129. The van der Waals surface area contributed by atoms with Crippen LogP contribution in [-0.2, 0) is 4.79 Å². The van der Waals surface area contributed by atoms with E-state index in [1.807, 2.05) is 36.4 Å². The molecule has 0 aliphatic rings. The zero-order valence-corrected chi connectivity index (χ0v) is 15.4. The van der Waals surface area contributed by atoms with Gasteiger partial charge in [0, 0.05) is 10.0 Å². The summed E-state index contributed by atoms with van der Waals surface area (Å²) in [6, 6.07) is 12.8. The highest BCUT2D eigenvalue weighted by Gasteiger charge is 2.05. The summed E-state index contributed by atoms with van der Waals surface area (Å²) in [6.07, 6.45) is 1.51. The van der Waals surface area contributed by atoms with Gasteiger partial charge >= 0.3 is 0 Å². The summed E-state index contributed by atoms with van der Waals surface area (Å²) in [4.78, 5) is 11.7. The Kier molecular flexibility index (Phi) is 6.61. The minimum Gasteiger partial charge on any atom is -0.496 e. The number of hydrazone groups is 1. The fraction of sp³-hybridized carbons (Fsp3) is 0.125. The molecule has 0 unspecified atom stereocenters. The van der Waals surface area contributed by atoms with Crippen LogP contribution in [0.3, 0.4) is 0 Å². The smallest absolute Gasteiger partial charge is 0.277 e. The van der Waals surface area contributed by atoms with E-state index in [0.717, 1.165) is 14.5 Å². The second-order valence-electron chi connectivity index (χ2n) is 4.40. The van der Waals surface area contributed by atoms with Crippen LogP contribution < -0.4 is 14.9 Å². The third-order valence-electron chi connectivity index (χ3n) is 2.78. The fourth-order valence-electron chi connectivity index (χ4n) is 1.72. The van der Waals surface area contributed by atoms with Crippen LogP contribution in [0.2, 0.25) is 0 Å². The molecular formula is C16H14Br2N2O3. The summed E-state index contributed by atoms with van der Waals surface area (Å²) >= 11 is 6.72. The van der Waals surface area contributed by atoms with Crippen molar-refractivity contribution >= 4 is 44.0 Å². The van der Waals surface area contributed by atoms with Gasteiger partial charge in [-0.3, -0.25) is 4.79 Å². The Hall–Kier alpha value is -1.86. The van der Waals surface area contributed by atoms with Gasteiger partial charge in [-0.25, -0.2) is 5.43 Å². The molecule has 2 aromatic carbocycles. The van der Waals surface area contributed by atoms with Crippen molar-refractivity contribution in [2.75, 3.05) is 13.7 Å². The number of hydrogen-bond acceptors (Lipinski definition) is 4. The Morgan fingerprint density at radius 1 is 1.22 bits per heavy atom. The highest BCUT2D eigenvalue weighted by molar-refractivity contribution is 9.10. The van der Waals surface area contributed by atoms with Gasteiger partial charge in [0.15, 0.2) is 6.61 Å². The van der Waals surface area contributed by atoms with Crippen LogP contribution in [0.5, 0.6) is 11.5 Å². The second kappa shape index (κ2) is 8.69. The maximum atomic E-state index is 11.7. The van der Waals surface area contributed by atoms with Crippen molar-refractivity contribution in [3.05, 3.63) is 57.0 Å². The number of methoxy groups -OCH3 is 1. The van der Waals surface area contributed by atoms with Crippen molar-refractivity contribution in [3.63, 3.8) is 0 Å². The number of nitrogens with one attached hydrogen (secondary N) is 1. The van der Waals surface area contributed by atoms with E-state index >= 15 is 0 Å². The number of ether oxygens (including phenoxy) is 2. The Morgan fingerprint density at radius 3 is 2.74 bits per heavy atom. The molecule has 0 spiro atoms. The molecule has 5 nitrogen and oxygen atoms in total. The molecule has 0 heterocycles. The molecule has 1 amide bonds. The fourth-order valence-corrected chi connectivity index (χ4v) is 2.50. The molecule has 0 aliphatic heterocycles. The molecule has 0 bridgehead atoms. The molecule has 7 heteroatoms. The predicted octanol–water partition coefficient (Wildman–Crippen LogP) is 3.75. The van der Waals surface area contributed by atoms with Crippen molar-refractivity contribution < 1.29 is 14.3 Å². The molecule has 2 rings (SSSR count). The third-order valence-corrected chi connectivity index (χ3v) is 3.93. The standard InChI is InChI=1S/C16H14Br2N2O3/c1-22-14-7-6-12(17)8-11(14)9-19-20-16(21)10-23-15-5-3-2-4-13(15)18/h2-9H,10H2,1H3,(H,20,21)/b19-9-. The average Bonchev–Trinajstić information content (AvgIpc) is 2.54. The van der Waals surface area contributed by atoms with Gasteiger partial charge in [0.2, 0.25) is 0 Å². The molecule has 120 valence electrons. The van der Waals surface area contributed by atoms with Gasteiger partial charge in [0.25, 0.3) is 5.91 Å². The third kappa shape index (κ3) is 5.37. The van der Waals surface area contributed by atoms with Crippen LogP contribution >= 0.6 is 31.9 Å². The number of para-hydroxylation sites is 1. The van der Waals surface area contributed by atoms with Crippen LogP contribution in [-0.4, -0.2) is 25.8 Å². The van der Waals surface area contributed by atoms with Crippen molar-refractivity contribution in [2.24, 2.45) is 5.10 Å². The average molecular weight is 442 g/mol. The molecular weight excluding hydrogens is 428 g/mol. The van der Waals surface area contributed by atoms with E-state index in [1.54, 1.807) is 13.2 Å². The number of carbonyl (C=O) groups excluding carboxylic acids is 1. The first-order chi connectivity index (χ1) is 11.1. The van der Waals surface area contributed by atoms with E-state index in [9.17, 15) is 4.79 Å². The summed E-state index contributed by atoms with van der Waals surface area (Å²) in [5.41, 5.74) is 3.16. The normalized spacial score (nSPS) is 10.6. The molecule has 0 fully saturated rings. The molecule has 0 radical (unpaired) electrons. The summed E-state index contributed by atoms with van der Waals surface area (Å²) in [6.45, 7) is -0.129. The van der Waals surface area contributed by atoms with Crippen LogP contribution in [0.15, 0.2) is 56.5 Å². The summed E-state index contributed by atoms with van der Waals surface area (Å²) in [5, 5.41) is 3.91. The predicted molar refractivity (Wildman–Crippen MR) is 96.1 cm³/mol. The Bertz CT molecular complexity index is 720. The number of nitrogens with zero attached hydrogens (tertiary/aromatic N) is 1. The van der Waals surface area contributed by atoms with Gasteiger partial charge in [0.1, 0.15) is 11.5 Å². The lowest BCUT2D eigenvalue weighted by Gasteiger charge is -2.07. The number of benzene rings is 2. The molecule has 0 atom stereocenters. The van der Waals surface area contributed by atoms with E-state index in [-0.39, 0.29) is 12.5 Å². The van der Waals surface area contributed by atoms with E-state index in [0.29, 0.717) is 11.5 Å². The molecule has 2 aromatic rings. The lowest BCUT2D eigenvalue weighted by molar-refractivity contribution is -0.123. The van der Waals surface area contributed by atoms with Gasteiger partial charge in [-0.1, -0.05) is 28.1 Å². The van der Waals surface area contributed by atoms with Gasteiger partial charge in [-0.05, 0) is 46.3 Å². The van der Waals surface area contributed by atoms with Gasteiger partial charge in [-0.15, -0.1) is 0 Å².